The van der Waals surface area contributed by atoms with E-state index in [0.717, 1.165) is 45.3 Å². The van der Waals surface area contributed by atoms with Gasteiger partial charge in [0, 0.05) is 23.7 Å². The fourth-order valence-corrected chi connectivity index (χ4v) is 4.26. The van der Waals surface area contributed by atoms with Crippen LogP contribution in [0.4, 0.5) is 5.95 Å². The number of rotatable bonds is 8. The zero-order valence-corrected chi connectivity index (χ0v) is 17.9. The summed E-state index contributed by atoms with van der Waals surface area (Å²) >= 11 is 6.04. The molecule has 1 aliphatic heterocycles. The third-order valence-corrected chi connectivity index (χ3v) is 5.16. The lowest BCUT2D eigenvalue weighted by atomic mass is 9.78. The molecule has 148 valence electrons. The van der Waals surface area contributed by atoms with Gasteiger partial charge in [0.1, 0.15) is 6.33 Å². The Morgan fingerprint density at radius 1 is 1.15 bits per heavy atom. The van der Waals surface area contributed by atoms with Gasteiger partial charge in [-0.2, -0.15) is 10.0 Å². The minimum Gasteiger partial charge on any atom is -0.338 e. The Hall–Kier alpha value is -0.980. The molecule has 7 heteroatoms. The topological polar surface area (TPSA) is 54.4 Å². The molecule has 0 atom stereocenters. The van der Waals surface area contributed by atoms with Gasteiger partial charge >= 0.3 is 0 Å². The highest BCUT2D eigenvalue weighted by Gasteiger charge is 2.48. The second-order valence-electron chi connectivity index (χ2n) is 8.42. The van der Waals surface area contributed by atoms with Crippen molar-refractivity contribution in [1.82, 2.24) is 20.0 Å². The van der Waals surface area contributed by atoms with E-state index in [0.29, 0.717) is 12.0 Å². The predicted octanol–water partition coefficient (Wildman–Crippen LogP) is 4.49. The van der Waals surface area contributed by atoms with Crippen LogP contribution >= 0.6 is 11.6 Å². The quantitative estimate of drug-likeness (QED) is 0.659. The Morgan fingerprint density at radius 2 is 1.81 bits per heavy atom. The molecular formula is C19H34ClN5O. The van der Waals surface area contributed by atoms with Crippen molar-refractivity contribution in [2.75, 3.05) is 18.1 Å². The Kier molecular flexibility index (Phi) is 7.22. The molecule has 26 heavy (non-hydrogen) atoms. The van der Waals surface area contributed by atoms with Crippen molar-refractivity contribution in [3.8, 4) is 0 Å². The first-order valence-corrected chi connectivity index (χ1v) is 10.1. The smallest absolute Gasteiger partial charge is 0.229 e. The van der Waals surface area contributed by atoms with Gasteiger partial charge in [-0.15, -0.1) is 0 Å². The van der Waals surface area contributed by atoms with E-state index in [1.54, 1.807) is 0 Å². The van der Waals surface area contributed by atoms with E-state index >= 15 is 0 Å². The zero-order valence-electron chi connectivity index (χ0n) is 17.1. The number of anilines is 1. The number of unbranched alkanes of at least 4 members (excludes halogenated alkanes) is 1. The summed E-state index contributed by atoms with van der Waals surface area (Å²) in [6.07, 6.45) is 6.69. The largest absolute Gasteiger partial charge is 0.338 e. The number of nitrogens with zero attached hydrogens (tertiary/aromatic N) is 5. The van der Waals surface area contributed by atoms with Gasteiger partial charge in [0.2, 0.25) is 11.2 Å². The van der Waals surface area contributed by atoms with Gasteiger partial charge in [-0.1, -0.05) is 20.3 Å². The number of aromatic nitrogens is 3. The van der Waals surface area contributed by atoms with Gasteiger partial charge < -0.3 is 4.90 Å². The van der Waals surface area contributed by atoms with Gasteiger partial charge in [-0.25, -0.2) is 9.97 Å². The van der Waals surface area contributed by atoms with Crippen LogP contribution in [-0.4, -0.2) is 50.3 Å². The molecule has 1 aromatic heterocycles. The molecule has 0 aromatic carbocycles. The number of hydrogen-bond donors (Lipinski definition) is 0. The van der Waals surface area contributed by atoms with Gasteiger partial charge in [0.05, 0.1) is 6.61 Å². The van der Waals surface area contributed by atoms with E-state index in [9.17, 15) is 0 Å². The highest BCUT2D eigenvalue weighted by molar-refractivity contribution is 6.28. The molecular weight excluding hydrogens is 350 g/mol. The lowest BCUT2D eigenvalue weighted by Crippen LogP contribution is -2.64. The van der Waals surface area contributed by atoms with E-state index < -0.39 is 0 Å². The highest BCUT2D eigenvalue weighted by Crippen LogP contribution is 2.41. The van der Waals surface area contributed by atoms with Crippen LogP contribution < -0.4 is 4.90 Å². The molecule has 1 aliphatic rings. The second-order valence-corrected chi connectivity index (χ2v) is 8.75. The van der Waals surface area contributed by atoms with Crippen molar-refractivity contribution >= 4 is 17.5 Å². The second kappa shape index (κ2) is 8.81. The molecule has 0 saturated carbocycles. The maximum atomic E-state index is 6.15. The summed E-state index contributed by atoms with van der Waals surface area (Å²) in [6, 6.07) is 0.325. The molecule has 0 radical (unpaired) electrons. The first kappa shape index (κ1) is 21.3. The van der Waals surface area contributed by atoms with E-state index in [1.165, 1.54) is 6.33 Å². The van der Waals surface area contributed by atoms with Crippen molar-refractivity contribution in [1.29, 1.82) is 0 Å². The molecule has 0 bridgehead atoms. The first-order chi connectivity index (χ1) is 12.2. The van der Waals surface area contributed by atoms with Crippen molar-refractivity contribution in [2.24, 2.45) is 0 Å². The summed E-state index contributed by atoms with van der Waals surface area (Å²) < 4.78 is 0. The van der Waals surface area contributed by atoms with E-state index in [-0.39, 0.29) is 16.4 Å². The average molecular weight is 384 g/mol. The van der Waals surface area contributed by atoms with E-state index in [4.69, 9.17) is 16.4 Å². The Balaban J connectivity index is 2.29. The fourth-order valence-electron chi connectivity index (χ4n) is 4.14. The van der Waals surface area contributed by atoms with Crippen LogP contribution in [-0.2, 0) is 4.84 Å². The van der Waals surface area contributed by atoms with Crippen molar-refractivity contribution in [3.05, 3.63) is 11.6 Å². The minimum absolute atomic E-state index is 0.0805. The normalized spacial score (nSPS) is 20.3. The van der Waals surface area contributed by atoms with E-state index in [2.05, 4.69) is 66.5 Å². The molecule has 0 amide bonds. The highest BCUT2D eigenvalue weighted by atomic mass is 35.5. The zero-order chi connectivity index (χ0) is 19.4. The maximum Gasteiger partial charge on any atom is 0.229 e. The molecule has 0 aliphatic carbocycles. The SMILES string of the molecule is CCCCN(c1ncnc(Cl)n1)C1CC(C)(C)N(OCCC)C(C)(C)C1. The molecule has 1 saturated heterocycles. The van der Waals surface area contributed by atoms with Crippen LogP contribution in [0.15, 0.2) is 6.33 Å². The van der Waals surface area contributed by atoms with Gasteiger partial charge in [0.25, 0.3) is 0 Å². The number of halogens is 1. The minimum atomic E-state index is -0.0805. The van der Waals surface area contributed by atoms with Crippen LogP contribution in [0, 0.1) is 0 Å². The molecule has 0 N–H and O–H groups in total. The molecule has 2 heterocycles. The average Bonchev–Trinajstić information content (AvgIpc) is 2.53. The number of hydrogen-bond acceptors (Lipinski definition) is 6. The summed E-state index contributed by atoms with van der Waals surface area (Å²) in [5, 5.41) is 2.46. The summed E-state index contributed by atoms with van der Waals surface area (Å²) in [5.74, 6) is 0.679. The molecule has 1 fully saturated rings. The predicted molar refractivity (Wildman–Crippen MR) is 106 cm³/mol. The number of hydroxylamine groups is 2. The monoisotopic (exact) mass is 383 g/mol. The molecule has 0 spiro atoms. The Bertz CT molecular complexity index is 563. The van der Waals surface area contributed by atoms with Crippen LogP contribution in [0.5, 0.6) is 0 Å². The van der Waals surface area contributed by atoms with Crippen LogP contribution in [0.25, 0.3) is 0 Å². The van der Waals surface area contributed by atoms with Crippen molar-refractivity contribution < 1.29 is 4.84 Å². The van der Waals surface area contributed by atoms with Gasteiger partial charge in [-0.05, 0) is 65.0 Å². The summed E-state index contributed by atoms with van der Waals surface area (Å²) in [5.41, 5.74) is -0.161. The number of piperidine rings is 1. The third kappa shape index (κ3) is 5.05. The Morgan fingerprint density at radius 3 is 2.35 bits per heavy atom. The molecule has 6 nitrogen and oxygen atoms in total. The summed E-state index contributed by atoms with van der Waals surface area (Å²) in [7, 11) is 0. The molecule has 2 rings (SSSR count). The summed E-state index contributed by atoms with van der Waals surface area (Å²) in [6.45, 7) is 15.1. The first-order valence-electron chi connectivity index (χ1n) is 9.75. The lowest BCUT2D eigenvalue weighted by Gasteiger charge is -2.55. The lowest BCUT2D eigenvalue weighted by molar-refractivity contribution is -0.282. The van der Waals surface area contributed by atoms with E-state index in [1.807, 2.05) is 0 Å². The van der Waals surface area contributed by atoms with Crippen molar-refractivity contribution in [3.63, 3.8) is 0 Å². The summed E-state index contributed by atoms with van der Waals surface area (Å²) in [4.78, 5) is 21.2. The van der Waals surface area contributed by atoms with Crippen LogP contribution in [0.1, 0.15) is 73.6 Å². The maximum absolute atomic E-state index is 6.15. The fraction of sp³-hybridized carbons (Fsp3) is 0.842. The third-order valence-electron chi connectivity index (χ3n) is 4.97. The van der Waals surface area contributed by atoms with Crippen LogP contribution in [0.3, 0.4) is 0 Å². The van der Waals surface area contributed by atoms with Gasteiger partial charge in [-0.3, -0.25) is 4.84 Å². The molecule has 0 unspecified atom stereocenters. The Labute approximate surface area is 163 Å². The van der Waals surface area contributed by atoms with Crippen LogP contribution in [0.2, 0.25) is 5.28 Å². The van der Waals surface area contributed by atoms with Gasteiger partial charge in [0.15, 0.2) is 0 Å². The standard InChI is InChI=1S/C19H34ClN5O/c1-7-9-10-24(17-22-14-21-16(20)23-17)15-12-18(3,4)25(26-11-8-2)19(5,6)13-15/h14-15H,7-13H2,1-6H3. The van der Waals surface area contributed by atoms with Crippen molar-refractivity contribution in [2.45, 2.75) is 90.8 Å². The molecule has 1 aromatic rings.